The molecule has 1 aromatic heterocycles. The average Bonchev–Trinajstić information content (AvgIpc) is 3.08. The van der Waals surface area contributed by atoms with Crippen LogP contribution in [0.5, 0.6) is 0 Å². The van der Waals surface area contributed by atoms with Crippen molar-refractivity contribution >= 4 is 5.91 Å². The van der Waals surface area contributed by atoms with E-state index >= 15 is 0 Å². The molecule has 0 aromatic carbocycles. The predicted molar refractivity (Wildman–Crippen MR) is 75.1 cm³/mol. The Morgan fingerprint density at radius 3 is 3.10 bits per heavy atom. The molecule has 2 aliphatic rings. The lowest BCUT2D eigenvalue weighted by molar-refractivity contribution is -0.133. The molecule has 2 aliphatic heterocycles. The molecule has 20 heavy (non-hydrogen) atoms. The van der Waals surface area contributed by atoms with E-state index in [1.54, 1.807) is 0 Å². The average molecular weight is 277 g/mol. The van der Waals surface area contributed by atoms with Gasteiger partial charge in [-0.3, -0.25) is 4.79 Å². The number of hydrogen-bond donors (Lipinski definition) is 1. The minimum atomic E-state index is 0.0975. The predicted octanol–water partition coefficient (Wildman–Crippen LogP) is 2.04. The number of nitrogens with one attached hydrogen (secondary N) is 1. The van der Waals surface area contributed by atoms with E-state index in [4.69, 9.17) is 4.52 Å². The van der Waals surface area contributed by atoms with Crippen molar-refractivity contribution < 1.29 is 9.32 Å². The van der Waals surface area contributed by atoms with E-state index in [1.165, 1.54) is 12.8 Å². The molecule has 0 bridgehead atoms. The number of rotatable bonds is 3. The molecule has 1 amide bonds. The van der Waals surface area contributed by atoms with Gasteiger partial charge in [0.1, 0.15) is 0 Å². The van der Waals surface area contributed by atoms with Crippen molar-refractivity contribution in [2.75, 3.05) is 19.6 Å². The zero-order valence-electron chi connectivity index (χ0n) is 12.1. The maximum Gasteiger partial charge on any atom is 0.223 e. The van der Waals surface area contributed by atoms with Crippen molar-refractivity contribution in [3.63, 3.8) is 0 Å². The summed E-state index contributed by atoms with van der Waals surface area (Å²) < 4.78 is 5.36. The van der Waals surface area contributed by atoms with Gasteiger partial charge in [0.05, 0.1) is 11.7 Å². The van der Waals surface area contributed by atoms with E-state index in [0.717, 1.165) is 43.9 Å². The quantitative estimate of drug-likeness (QED) is 0.918. The maximum absolute atomic E-state index is 12.5. The Morgan fingerprint density at radius 1 is 1.50 bits per heavy atom. The highest BCUT2D eigenvalue weighted by molar-refractivity contribution is 5.77. The third-order valence-corrected chi connectivity index (χ3v) is 4.41. The van der Waals surface area contributed by atoms with Crippen molar-refractivity contribution in [1.82, 2.24) is 15.4 Å². The molecule has 0 spiro atoms. The topological polar surface area (TPSA) is 58.4 Å². The van der Waals surface area contributed by atoms with Gasteiger partial charge in [0.15, 0.2) is 5.76 Å². The Bertz CT molecular complexity index is 465. The lowest BCUT2D eigenvalue weighted by atomic mass is 9.95. The summed E-state index contributed by atoms with van der Waals surface area (Å²) in [5, 5.41) is 7.33. The van der Waals surface area contributed by atoms with Gasteiger partial charge in [-0.25, -0.2) is 0 Å². The van der Waals surface area contributed by atoms with Gasteiger partial charge >= 0.3 is 0 Å². The molecule has 5 heteroatoms. The van der Waals surface area contributed by atoms with Crippen LogP contribution in [-0.2, 0) is 4.79 Å². The molecule has 1 aromatic rings. The van der Waals surface area contributed by atoms with Crippen molar-refractivity contribution in [2.45, 2.75) is 45.1 Å². The van der Waals surface area contributed by atoms with Crippen LogP contribution in [0.3, 0.4) is 0 Å². The van der Waals surface area contributed by atoms with E-state index in [2.05, 4.69) is 10.5 Å². The number of likely N-dealkylation sites (tertiary alicyclic amines) is 1. The summed E-state index contributed by atoms with van der Waals surface area (Å²) in [5.41, 5.74) is 0.885. The van der Waals surface area contributed by atoms with Gasteiger partial charge in [-0.1, -0.05) is 5.16 Å². The molecule has 2 unspecified atom stereocenters. The normalized spacial score (nSPS) is 26.9. The smallest absolute Gasteiger partial charge is 0.223 e. The molecule has 5 nitrogen and oxygen atoms in total. The number of nitrogens with zero attached hydrogens (tertiary/aromatic N) is 2. The fraction of sp³-hybridized carbons (Fsp3) is 0.733. The Hall–Kier alpha value is -1.36. The summed E-state index contributed by atoms with van der Waals surface area (Å²) in [6.45, 7) is 4.84. The minimum absolute atomic E-state index is 0.0975. The second-order valence-corrected chi connectivity index (χ2v) is 6.03. The highest BCUT2D eigenvalue weighted by Crippen LogP contribution is 2.33. The molecular weight excluding hydrogens is 254 g/mol. The third kappa shape index (κ3) is 2.87. The van der Waals surface area contributed by atoms with Gasteiger partial charge < -0.3 is 14.7 Å². The maximum atomic E-state index is 12.5. The monoisotopic (exact) mass is 277 g/mol. The number of amides is 1. The number of carbonyl (C=O) groups excluding carboxylic acids is 1. The summed E-state index contributed by atoms with van der Waals surface area (Å²) in [6, 6.07) is 2.05. The molecule has 2 saturated heterocycles. The van der Waals surface area contributed by atoms with Gasteiger partial charge in [0.2, 0.25) is 5.91 Å². The highest BCUT2D eigenvalue weighted by atomic mass is 16.5. The molecule has 2 fully saturated rings. The Balaban J connectivity index is 1.63. The van der Waals surface area contributed by atoms with E-state index in [9.17, 15) is 4.79 Å². The van der Waals surface area contributed by atoms with Crippen LogP contribution in [0.2, 0.25) is 0 Å². The molecule has 0 saturated carbocycles. The van der Waals surface area contributed by atoms with E-state index in [0.29, 0.717) is 12.3 Å². The zero-order chi connectivity index (χ0) is 13.9. The van der Waals surface area contributed by atoms with E-state index < -0.39 is 0 Å². The Kier molecular flexibility index (Phi) is 4.05. The van der Waals surface area contributed by atoms with Crippen LogP contribution in [-0.4, -0.2) is 35.6 Å². The van der Waals surface area contributed by atoms with E-state index in [-0.39, 0.29) is 11.9 Å². The van der Waals surface area contributed by atoms with Crippen molar-refractivity contribution in [3.05, 3.63) is 17.5 Å². The molecular formula is C15H23N3O2. The van der Waals surface area contributed by atoms with Gasteiger partial charge in [0.25, 0.3) is 0 Å². The first-order chi connectivity index (χ1) is 9.74. The molecule has 1 N–H and O–H groups in total. The van der Waals surface area contributed by atoms with Crippen molar-refractivity contribution in [1.29, 1.82) is 0 Å². The van der Waals surface area contributed by atoms with Crippen molar-refractivity contribution in [3.8, 4) is 0 Å². The minimum Gasteiger partial charge on any atom is -0.359 e. The van der Waals surface area contributed by atoms with Crippen LogP contribution in [0, 0.1) is 12.8 Å². The van der Waals surface area contributed by atoms with E-state index in [1.807, 2.05) is 17.9 Å². The Morgan fingerprint density at radius 2 is 2.40 bits per heavy atom. The van der Waals surface area contributed by atoms with Crippen LogP contribution in [0.15, 0.2) is 10.6 Å². The van der Waals surface area contributed by atoms with Crippen LogP contribution in [0.4, 0.5) is 0 Å². The fourth-order valence-corrected chi connectivity index (χ4v) is 3.36. The van der Waals surface area contributed by atoms with Crippen LogP contribution >= 0.6 is 0 Å². The fourth-order valence-electron chi connectivity index (χ4n) is 3.36. The second-order valence-electron chi connectivity index (χ2n) is 6.03. The third-order valence-electron chi connectivity index (χ3n) is 4.41. The number of carbonyl (C=O) groups is 1. The summed E-state index contributed by atoms with van der Waals surface area (Å²) >= 11 is 0. The SMILES string of the molecule is Cc1cc(C2CCCN2C(=O)CC2CCCNC2)on1. The lowest BCUT2D eigenvalue weighted by Gasteiger charge is -2.27. The van der Waals surface area contributed by atoms with Crippen LogP contribution in [0.25, 0.3) is 0 Å². The molecule has 3 rings (SSSR count). The molecule has 0 radical (unpaired) electrons. The van der Waals surface area contributed by atoms with Crippen LogP contribution < -0.4 is 5.32 Å². The van der Waals surface area contributed by atoms with Gasteiger partial charge in [-0.2, -0.15) is 0 Å². The van der Waals surface area contributed by atoms with Gasteiger partial charge in [-0.05, 0) is 51.6 Å². The number of piperidine rings is 1. The summed E-state index contributed by atoms with van der Waals surface area (Å²) in [6.07, 6.45) is 5.06. The first kappa shape index (κ1) is 13.6. The molecule has 3 heterocycles. The van der Waals surface area contributed by atoms with Gasteiger partial charge in [0, 0.05) is 19.0 Å². The highest BCUT2D eigenvalue weighted by Gasteiger charge is 2.33. The summed E-state index contributed by atoms with van der Waals surface area (Å²) in [4.78, 5) is 14.5. The zero-order valence-corrected chi connectivity index (χ0v) is 12.1. The number of aromatic nitrogens is 1. The van der Waals surface area contributed by atoms with Crippen molar-refractivity contribution in [2.24, 2.45) is 5.92 Å². The summed E-state index contributed by atoms with van der Waals surface area (Å²) in [7, 11) is 0. The first-order valence-corrected chi connectivity index (χ1v) is 7.67. The summed E-state index contributed by atoms with van der Waals surface area (Å²) in [5.74, 6) is 1.61. The molecule has 2 atom stereocenters. The molecule has 0 aliphatic carbocycles. The number of aryl methyl sites for hydroxylation is 1. The van der Waals surface area contributed by atoms with Crippen LogP contribution in [0.1, 0.15) is 49.6 Å². The molecule has 110 valence electrons. The lowest BCUT2D eigenvalue weighted by Crippen LogP contribution is -2.36. The Labute approximate surface area is 119 Å². The second kappa shape index (κ2) is 5.95. The largest absolute Gasteiger partial charge is 0.359 e. The number of hydrogen-bond acceptors (Lipinski definition) is 4. The standard InChI is InChI=1S/C15H23N3O2/c1-11-8-14(20-17-11)13-5-3-7-18(13)15(19)9-12-4-2-6-16-10-12/h8,12-13,16H,2-7,9-10H2,1H3. The first-order valence-electron chi connectivity index (χ1n) is 7.67. The van der Waals surface area contributed by atoms with Gasteiger partial charge in [-0.15, -0.1) is 0 Å².